The standard InChI is InChI=1S/C14H12ClFN2O/c1-8-3-2-4-12(17)13(8)18-14(19)9-5-6-11(16)10(15)7-9/h2-7H,17H2,1H3,(H,18,19). The van der Waals surface area contributed by atoms with Crippen LogP contribution in [0.5, 0.6) is 0 Å². The number of aryl methyl sites for hydroxylation is 1. The van der Waals surface area contributed by atoms with E-state index in [4.69, 9.17) is 17.3 Å². The summed E-state index contributed by atoms with van der Waals surface area (Å²) in [5, 5.41) is 2.60. The number of amides is 1. The van der Waals surface area contributed by atoms with Crippen LogP contribution in [0.15, 0.2) is 36.4 Å². The molecule has 3 N–H and O–H groups in total. The van der Waals surface area contributed by atoms with Crippen molar-refractivity contribution in [2.75, 3.05) is 11.1 Å². The Bertz CT molecular complexity index is 623. The smallest absolute Gasteiger partial charge is 0.255 e. The van der Waals surface area contributed by atoms with Gasteiger partial charge in [-0.1, -0.05) is 23.7 Å². The molecule has 0 atom stereocenters. The molecule has 0 heterocycles. The van der Waals surface area contributed by atoms with Gasteiger partial charge in [0.05, 0.1) is 16.4 Å². The van der Waals surface area contributed by atoms with Crippen molar-refractivity contribution in [1.82, 2.24) is 0 Å². The Morgan fingerprint density at radius 2 is 2.05 bits per heavy atom. The molecular formula is C14H12ClFN2O. The van der Waals surface area contributed by atoms with Crippen LogP contribution in [0.1, 0.15) is 15.9 Å². The minimum absolute atomic E-state index is 0.0922. The minimum atomic E-state index is -0.561. The van der Waals surface area contributed by atoms with Gasteiger partial charge in [0.15, 0.2) is 0 Å². The van der Waals surface area contributed by atoms with Crippen LogP contribution in [0.3, 0.4) is 0 Å². The number of halogens is 2. The molecule has 0 unspecified atom stereocenters. The quantitative estimate of drug-likeness (QED) is 0.824. The first-order valence-electron chi connectivity index (χ1n) is 5.60. The molecule has 0 fully saturated rings. The molecule has 98 valence electrons. The van der Waals surface area contributed by atoms with Gasteiger partial charge in [-0.2, -0.15) is 0 Å². The molecule has 5 heteroatoms. The van der Waals surface area contributed by atoms with Crippen LogP contribution >= 0.6 is 11.6 Å². The lowest BCUT2D eigenvalue weighted by Gasteiger charge is -2.11. The molecule has 0 saturated heterocycles. The van der Waals surface area contributed by atoms with Crippen molar-refractivity contribution in [3.05, 3.63) is 58.4 Å². The molecule has 0 aliphatic rings. The molecule has 2 aromatic rings. The van der Waals surface area contributed by atoms with E-state index in [1.807, 2.05) is 13.0 Å². The van der Waals surface area contributed by atoms with E-state index >= 15 is 0 Å². The number of carbonyl (C=O) groups is 1. The average Bonchev–Trinajstić information content (AvgIpc) is 2.37. The molecule has 0 radical (unpaired) electrons. The van der Waals surface area contributed by atoms with E-state index in [1.54, 1.807) is 12.1 Å². The maximum Gasteiger partial charge on any atom is 0.255 e. The van der Waals surface area contributed by atoms with E-state index < -0.39 is 5.82 Å². The summed E-state index contributed by atoms with van der Waals surface area (Å²) < 4.78 is 13.0. The summed E-state index contributed by atoms with van der Waals surface area (Å²) in [5.41, 5.74) is 7.94. The van der Waals surface area contributed by atoms with Gasteiger partial charge < -0.3 is 11.1 Å². The van der Waals surface area contributed by atoms with Crippen molar-refractivity contribution in [2.24, 2.45) is 0 Å². The predicted octanol–water partition coefficient (Wildman–Crippen LogP) is 3.62. The highest BCUT2D eigenvalue weighted by Gasteiger charge is 2.11. The van der Waals surface area contributed by atoms with Gasteiger partial charge in [-0.15, -0.1) is 0 Å². The second-order valence-corrected chi connectivity index (χ2v) is 4.53. The van der Waals surface area contributed by atoms with E-state index in [0.717, 1.165) is 11.6 Å². The van der Waals surface area contributed by atoms with Gasteiger partial charge in [0.25, 0.3) is 5.91 Å². The largest absolute Gasteiger partial charge is 0.397 e. The summed E-state index contributed by atoms with van der Waals surface area (Å²) in [4.78, 5) is 12.0. The summed E-state index contributed by atoms with van der Waals surface area (Å²) in [7, 11) is 0. The summed E-state index contributed by atoms with van der Waals surface area (Å²) >= 11 is 5.64. The Morgan fingerprint density at radius 1 is 1.32 bits per heavy atom. The maximum absolute atomic E-state index is 13.0. The van der Waals surface area contributed by atoms with Gasteiger partial charge in [-0.05, 0) is 36.8 Å². The minimum Gasteiger partial charge on any atom is -0.397 e. The number of nitrogens with two attached hydrogens (primary N) is 1. The highest BCUT2D eigenvalue weighted by atomic mass is 35.5. The number of nitrogens with one attached hydrogen (secondary N) is 1. The third kappa shape index (κ3) is 2.85. The third-order valence-corrected chi connectivity index (χ3v) is 3.01. The van der Waals surface area contributed by atoms with E-state index in [0.29, 0.717) is 11.4 Å². The van der Waals surface area contributed by atoms with Crippen LogP contribution in [0.4, 0.5) is 15.8 Å². The normalized spacial score (nSPS) is 10.3. The molecule has 0 aliphatic heterocycles. The number of carbonyl (C=O) groups excluding carboxylic acids is 1. The number of nitrogen functional groups attached to an aromatic ring is 1. The predicted molar refractivity (Wildman–Crippen MR) is 75.0 cm³/mol. The zero-order valence-corrected chi connectivity index (χ0v) is 11.0. The van der Waals surface area contributed by atoms with Gasteiger partial charge in [-0.3, -0.25) is 4.79 Å². The Balaban J connectivity index is 2.28. The van der Waals surface area contributed by atoms with Gasteiger partial charge in [0.1, 0.15) is 5.82 Å². The molecule has 19 heavy (non-hydrogen) atoms. The van der Waals surface area contributed by atoms with Crippen molar-refractivity contribution in [3.8, 4) is 0 Å². The highest BCUT2D eigenvalue weighted by Crippen LogP contribution is 2.24. The average molecular weight is 279 g/mol. The monoisotopic (exact) mass is 278 g/mol. The molecular weight excluding hydrogens is 267 g/mol. The van der Waals surface area contributed by atoms with E-state index in [2.05, 4.69) is 5.32 Å². The molecule has 0 aromatic heterocycles. The number of anilines is 2. The number of rotatable bonds is 2. The molecule has 1 amide bonds. The number of hydrogen-bond donors (Lipinski definition) is 2. The van der Waals surface area contributed by atoms with Crippen LogP contribution in [0.25, 0.3) is 0 Å². The second kappa shape index (κ2) is 5.28. The fourth-order valence-corrected chi connectivity index (χ4v) is 1.86. The van der Waals surface area contributed by atoms with Crippen molar-refractivity contribution < 1.29 is 9.18 Å². The summed E-state index contributed by atoms with van der Waals surface area (Å²) in [5.74, 6) is -0.948. The first-order chi connectivity index (χ1) is 8.99. The molecule has 2 aromatic carbocycles. The Hall–Kier alpha value is -2.07. The number of hydrogen-bond acceptors (Lipinski definition) is 2. The number of para-hydroxylation sites is 1. The van der Waals surface area contributed by atoms with Crippen LogP contribution in [-0.2, 0) is 0 Å². The summed E-state index contributed by atoms with van der Waals surface area (Å²) in [6.07, 6.45) is 0. The first kappa shape index (κ1) is 13.4. The van der Waals surface area contributed by atoms with Crippen molar-refractivity contribution in [1.29, 1.82) is 0 Å². The van der Waals surface area contributed by atoms with Crippen LogP contribution in [-0.4, -0.2) is 5.91 Å². The zero-order chi connectivity index (χ0) is 14.0. The fourth-order valence-electron chi connectivity index (χ4n) is 1.68. The van der Waals surface area contributed by atoms with Gasteiger partial charge in [0.2, 0.25) is 0 Å². The maximum atomic E-state index is 13.0. The van der Waals surface area contributed by atoms with Crippen LogP contribution in [0.2, 0.25) is 5.02 Å². The van der Waals surface area contributed by atoms with Gasteiger partial charge in [-0.25, -0.2) is 4.39 Å². The molecule has 0 spiro atoms. The molecule has 0 saturated carbocycles. The molecule has 3 nitrogen and oxygen atoms in total. The molecule has 2 rings (SSSR count). The van der Waals surface area contributed by atoms with Crippen molar-refractivity contribution in [2.45, 2.75) is 6.92 Å². The lowest BCUT2D eigenvalue weighted by molar-refractivity contribution is 0.102. The second-order valence-electron chi connectivity index (χ2n) is 4.12. The topological polar surface area (TPSA) is 55.1 Å². The van der Waals surface area contributed by atoms with Crippen molar-refractivity contribution >= 4 is 28.9 Å². The lowest BCUT2D eigenvalue weighted by Crippen LogP contribution is -2.14. The van der Waals surface area contributed by atoms with E-state index in [1.165, 1.54) is 12.1 Å². The molecule has 0 bridgehead atoms. The Morgan fingerprint density at radius 3 is 2.68 bits per heavy atom. The molecule has 0 aliphatic carbocycles. The Kier molecular flexibility index (Phi) is 3.71. The highest BCUT2D eigenvalue weighted by molar-refractivity contribution is 6.31. The number of benzene rings is 2. The zero-order valence-electron chi connectivity index (χ0n) is 10.2. The van der Waals surface area contributed by atoms with Gasteiger partial charge in [0, 0.05) is 5.56 Å². The fraction of sp³-hybridized carbons (Fsp3) is 0.0714. The van der Waals surface area contributed by atoms with Crippen LogP contribution < -0.4 is 11.1 Å². The Labute approximate surface area is 115 Å². The van der Waals surface area contributed by atoms with Crippen molar-refractivity contribution in [3.63, 3.8) is 0 Å². The lowest BCUT2D eigenvalue weighted by atomic mass is 10.1. The first-order valence-corrected chi connectivity index (χ1v) is 5.98. The SMILES string of the molecule is Cc1cccc(N)c1NC(=O)c1ccc(F)c(Cl)c1. The van der Waals surface area contributed by atoms with E-state index in [-0.39, 0.29) is 16.5 Å². The van der Waals surface area contributed by atoms with E-state index in [9.17, 15) is 9.18 Å². The van der Waals surface area contributed by atoms with Gasteiger partial charge >= 0.3 is 0 Å². The summed E-state index contributed by atoms with van der Waals surface area (Å²) in [6.45, 7) is 1.84. The summed E-state index contributed by atoms with van der Waals surface area (Å²) in [6, 6.07) is 9.13. The third-order valence-electron chi connectivity index (χ3n) is 2.73. The van der Waals surface area contributed by atoms with Crippen LogP contribution in [0, 0.1) is 12.7 Å².